The van der Waals surface area contributed by atoms with E-state index in [4.69, 9.17) is 10.00 Å². The van der Waals surface area contributed by atoms with Gasteiger partial charge in [0.2, 0.25) is 0 Å². The van der Waals surface area contributed by atoms with Crippen LogP contribution in [0.3, 0.4) is 0 Å². The Balaban J connectivity index is 1.57. The van der Waals surface area contributed by atoms with Gasteiger partial charge >= 0.3 is 0 Å². The second-order valence-electron chi connectivity index (χ2n) is 5.92. The van der Waals surface area contributed by atoms with Crippen LogP contribution in [-0.2, 0) is 4.74 Å². The van der Waals surface area contributed by atoms with Crippen molar-refractivity contribution < 1.29 is 9.53 Å². The van der Waals surface area contributed by atoms with Crippen LogP contribution < -0.4 is 10.6 Å². The average molecular weight is 351 g/mol. The van der Waals surface area contributed by atoms with Gasteiger partial charge in [-0.05, 0) is 24.3 Å². The molecule has 0 bridgehead atoms. The quantitative estimate of drug-likeness (QED) is 0.827. The maximum absolute atomic E-state index is 12.4. The number of carbonyl (C=O) groups excluding carboxylic acids is 1. The molecule has 1 aliphatic rings. The van der Waals surface area contributed by atoms with Crippen LogP contribution in [0.25, 0.3) is 0 Å². The molecular formula is C19H21N5O2. The predicted octanol–water partition coefficient (Wildman–Crippen LogP) is 1.95. The molecule has 7 nitrogen and oxygen atoms in total. The topological polar surface area (TPSA) is 90.3 Å². The van der Waals surface area contributed by atoms with Gasteiger partial charge in [-0.25, -0.2) is 0 Å². The highest BCUT2D eigenvalue weighted by atomic mass is 16.5. The van der Waals surface area contributed by atoms with Crippen molar-refractivity contribution in [3.63, 3.8) is 0 Å². The first-order valence-corrected chi connectivity index (χ1v) is 8.57. The first-order valence-electron chi connectivity index (χ1n) is 8.57. The number of ether oxygens (including phenoxy) is 1. The lowest BCUT2D eigenvalue weighted by Crippen LogP contribution is -2.39. The minimum Gasteiger partial charge on any atom is -0.384 e. The van der Waals surface area contributed by atoms with Crippen LogP contribution in [0, 0.1) is 11.3 Å². The lowest BCUT2D eigenvalue weighted by molar-refractivity contribution is 0.0398. The van der Waals surface area contributed by atoms with E-state index >= 15 is 0 Å². The number of hydrogen-bond acceptors (Lipinski definition) is 6. The van der Waals surface area contributed by atoms with Crippen LogP contribution in [-0.4, -0.2) is 55.2 Å². The van der Waals surface area contributed by atoms with Crippen molar-refractivity contribution in [2.75, 3.05) is 50.0 Å². The second-order valence-corrected chi connectivity index (χ2v) is 5.92. The van der Waals surface area contributed by atoms with E-state index in [0.717, 1.165) is 45.1 Å². The molecule has 0 aliphatic carbocycles. The van der Waals surface area contributed by atoms with Gasteiger partial charge in [-0.1, -0.05) is 12.1 Å². The van der Waals surface area contributed by atoms with E-state index < -0.39 is 0 Å². The van der Waals surface area contributed by atoms with Crippen molar-refractivity contribution in [1.82, 2.24) is 9.88 Å². The summed E-state index contributed by atoms with van der Waals surface area (Å²) in [5, 5.41) is 15.2. The molecule has 1 fully saturated rings. The Bertz CT molecular complexity index is 797. The fourth-order valence-electron chi connectivity index (χ4n) is 2.72. The lowest BCUT2D eigenvalue weighted by Gasteiger charge is -2.26. The Labute approximate surface area is 152 Å². The van der Waals surface area contributed by atoms with Crippen molar-refractivity contribution in [3.8, 4) is 6.07 Å². The molecule has 1 aliphatic heterocycles. The summed E-state index contributed by atoms with van der Waals surface area (Å²) >= 11 is 0. The van der Waals surface area contributed by atoms with Crippen LogP contribution in [0.15, 0.2) is 42.6 Å². The molecule has 3 rings (SSSR count). The van der Waals surface area contributed by atoms with Crippen molar-refractivity contribution >= 4 is 17.3 Å². The lowest BCUT2D eigenvalue weighted by atomic mass is 10.2. The normalized spacial score (nSPS) is 14.4. The van der Waals surface area contributed by atoms with Gasteiger partial charge < -0.3 is 15.4 Å². The zero-order valence-corrected chi connectivity index (χ0v) is 14.4. The number of para-hydroxylation sites is 1. The number of morpholine rings is 1. The molecular weight excluding hydrogens is 330 g/mol. The molecule has 0 saturated carbocycles. The second kappa shape index (κ2) is 8.94. The molecule has 1 amide bonds. The van der Waals surface area contributed by atoms with Crippen LogP contribution in [0.1, 0.15) is 16.1 Å². The van der Waals surface area contributed by atoms with E-state index in [9.17, 15) is 4.79 Å². The van der Waals surface area contributed by atoms with Gasteiger partial charge in [0.25, 0.3) is 5.91 Å². The van der Waals surface area contributed by atoms with Gasteiger partial charge in [0.1, 0.15) is 11.8 Å². The van der Waals surface area contributed by atoms with E-state index in [1.165, 1.54) is 0 Å². The summed E-state index contributed by atoms with van der Waals surface area (Å²) in [5.74, 6) is -0.343. The number of aromatic nitrogens is 1. The molecule has 2 N–H and O–H groups in total. The summed E-state index contributed by atoms with van der Waals surface area (Å²) in [6.07, 6.45) is 1.60. The smallest absolute Gasteiger partial charge is 0.274 e. The number of benzene rings is 1. The highest BCUT2D eigenvalue weighted by Crippen LogP contribution is 2.15. The van der Waals surface area contributed by atoms with Crippen LogP contribution in [0.2, 0.25) is 0 Å². The Hall–Kier alpha value is -2.95. The first kappa shape index (κ1) is 17.9. The molecule has 0 spiro atoms. The standard InChI is InChI=1S/C19H21N5O2/c20-14-15-3-1-2-4-17(15)23-19(25)18-13-16(5-6-22-18)21-7-8-24-9-11-26-12-10-24/h1-6,13H,7-12H2,(H,21,22)(H,23,25). The van der Waals surface area contributed by atoms with Crippen LogP contribution in [0.4, 0.5) is 11.4 Å². The van der Waals surface area contributed by atoms with Gasteiger partial charge in [0.05, 0.1) is 24.5 Å². The summed E-state index contributed by atoms with van der Waals surface area (Å²) in [6, 6.07) is 12.5. The third-order valence-corrected chi connectivity index (χ3v) is 4.15. The third kappa shape index (κ3) is 4.79. The number of pyridine rings is 1. The highest BCUT2D eigenvalue weighted by molar-refractivity contribution is 6.04. The molecule has 134 valence electrons. The molecule has 0 radical (unpaired) electrons. The monoisotopic (exact) mass is 351 g/mol. The van der Waals surface area contributed by atoms with Crippen LogP contribution >= 0.6 is 0 Å². The minimum atomic E-state index is -0.343. The molecule has 0 atom stereocenters. The number of nitrogens with zero attached hydrogens (tertiary/aromatic N) is 3. The summed E-state index contributed by atoms with van der Waals surface area (Å²) in [6.45, 7) is 5.16. The number of amides is 1. The Morgan fingerprint density at radius 1 is 1.27 bits per heavy atom. The molecule has 0 unspecified atom stereocenters. The molecule has 1 saturated heterocycles. The fourth-order valence-corrected chi connectivity index (χ4v) is 2.72. The number of carbonyl (C=O) groups is 1. The molecule has 2 heterocycles. The minimum absolute atomic E-state index is 0.300. The third-order valence-electron chi connectivity index (χ3n) is 4.15. The molecule has 7 heteroatoms. The largest absolute Gasteiger partial charge is 0.384 e. The van der Waals surface area contributed by atoms with Gasteiger partial charge in [0, 0.05) is 38.1 Å². The molecule has 26 heavy (non-hydrogen) atoms. The first-order chi connectivity index (χ1) is 12.8. The predicted molar refractivity (Wildman–Crippen MR) is 99.1 cm³/mol. The van der Waals surface area contributed by atoms with Gasteiger partial charge in [0.15, 0.2) is 0 Å². The maximum Gasteiger partial charge on any atom is 0.274 e. The SMILES string of the molecule is N#Cc1ccccc1NC(=O)c1cc(NCCN2CCOCC2)ccn1. The van der Waals surface area contributed by atoms with Gasteiger partial charge in [-0.15, -0.1) is 0 Å². The average Bonchev–Trinajstić information content (AvgIpc) is 2.69. The van der Waals surface area contributed by atoms with E-state index in [1.54, 1.807) is 36.5 Å². The molecule has 1 aromatic heterocycles. The number of anilines is 2. The van der Waals surface area contributed by atoms with Crippen molar-refractivity contribution in [2.24, 2.45) is 0 Å². The fraction of sp³-hybridized carbons (Fsp3) is 0.316. The number of rotatable bonds is 6. The Morgan fingerprint density at radius 3 is 2.88 bits per heavy atom. The van der Waals surface area contributed by atoms with E-state index in [-0.39, 0.29) is 5.91 Å². The molecule has 1 aromatic carbocycles. The van der Waals surface area contributed by atoms with Crippen molar-refractivity contribution in [3.05, 3.63) is 53.9 Å². The summed E-state index contributed by atoms with van der Waals surface area (Å²) < 4.78 is 5.34. The van der Waals surface area contributed by atoms with Crippen molar-refractivity contribution in [2.45, 2.75) is 0 Å². The highest BCUT2D eigenvalue weighted by Gasteiger charge is 2.12. The molecule has 2 aromatic rings. The van der Waals surface area contributed by atoms with Gasteiger partial charge in [-0.2, -0.15) is 5.26 Å². The van der Waals surface area contributed by atoms with Crippen LogP contribution in [0.5, 0.6) is 0 Å². The number of nitrogens with one attached hydrogen (secondary N) is 2. The zero-order valence-electron chi connectivity index (χ0n) is 14.4. The van der Waals surface area contributed by atoms with E-state index in [2.05, 4.69) is 26.6 Å². The van der Waals surface area contributed by atoms with Crippen molar-refractivity contribution in [1.29, 1.82) is 5.26 Å². The maximum atomic E-state index is 12.4. The van der Waals surface area contributed by atoms with Gasteiger partial charge in [-0.3, -0.25) is 14.7 Å². The number of hydrogen-bond donors (Lipinski definition) is 2. The number of nitriles is 1. The van der Waals surface area contributed by atoms with E-state index in [0.29, 0.717) is 16.9 Å². The summed E-state index contributed by atoms with van der Waals surface area (Å²) in [5.41, 5.74) is 2.04. The summed E-state index contributed by atoms with van der Waals surface area (Å²) in [4.78, 5) is 18.9. The zero-order chi connectivity index (χ0) is 18.2. The Kier molecular flexibility index (Phi) is 6.14. The Morgan fingerprint density at radius 2 is 2.08 bits per heavy atom. The summed E-state index contributed by atoms with van der Waals surface area (Å²) in [7, 11) is 0. The van der Waals surface area contributed by atoms with E-state index in [1.807, 2.05) is 6.07 Å².